The van der Waals surface area contributed by atoms with Gasteiger partial charge in [0.2, 0.25) is 11.8 Å². The van der Waals surface area contributed by atoms with Gasteiger partial charge in [0.15, 0.2) is 0 Å². The van der Waals surface area contributed by atoms with Crippen LogP contribution in [0.3, 0.4) is 0 Å². The Kier molecular flexibility index (Phi) is 7.64. The molecule has 1 aliphatic rings. The van der Waals surface area contributed by atoms with Gasteiger partial charge in [-0.05, 0) is 62.0 Å². The summed E-state index contributed by atoms with van der Waals surface area (Å²) in [5, 5.41) is 6.40. The Morgan fingerprint density at radius 2 is 1.90 bits per heavy atom. The molecule has 2 amide bonds. The van der Waals surface area contributed by atoms with Gasteiger partial charge in [-0.15, -0.1) is 0 Å². The van der Waals surface area contributed by atoms with Gasteiger partial charge in [0.05, 0.1) is 6.54 Å². The zero-order valence-electron chi connectivity index (χ0n) is 16.8. The van der Waals surface area contributed by atoms with Crippen LogP contribution < -0.4 is 21.3 Å². The summed E-state index contributed by atoms with van der Waals surface area (Å²) in [6.07, 6.45) is 3.79. The van der Waals surface area contributed by atoms with Crippen LogP contribution >= 0.6 is 0 Å². The summed E-state index contributed by atoms with van der Waals surface area (Å²) in [7, 11) is 0. The second-order valence-corrected chi connectivity index (χ2v) is 7.66. The Balaban J connectivity index is 1.66. The minimum Gasteiger partial charge on any atom is -0.368 e. The first-order valence-electron chi connectivity index (χ1n) is 10.3. The molecule has 154 valence electrons. The van der Waals surface area contributed by atoms with E-state index in [9.17, 15) is 9.59 Å². The molecule has 1 saturated heterocycles. The normalized spacial score (nSPS) is 16.6. The van der Waals surface area contributed by atoms with E-state index in [-0.39, 0.29) is 12.5 Å². The highest BCUT2D eigenvalue weighted by Gasteiger charge is 2.17. The van der Waals surface area contributed by atoms with Gasteiger partial charge in [0.25, 0.3) is 0 Å². The van der Waals surface area contributed by atoms with Crippen molar-refractivity contribution < 1.29 is 9.59 Å². The fourth-order valence-corrected chi connectivity index (χ4v) is 3.78. The number of nitrogens with two attached hydrogens (primary N) is 1. The van der Waals surface area contributed by atoms with Crippen molar-refractivity contribution in [2.24, 2.45) is 11.7 Å². The SMILES string of the molecule is NC(=O)CN(Cc1ccccc1)c1cccc(NC(=O)CC2CCCNCC2)c1. The van der Waals surface area contributed by atoms with Crippen LogP contribution in [0.1, 0.15) is 31.2 Å². The maximum absolute atomic E-state index is 12.5. The Hall–Kier alpha value is -2.86. The van der Waals surface area contributed by atoms with E-state index in [1.165, 1.54) is 0 Å². The lowest BCUT2D eigenvalue weighted by Gasteiger charge is -2.24. The molecule has 3 rings (SSSR count). The lowest BCUT2D eigenvalue weighted by atomic mass is 9.96. The van der Waals surface area contributed by atoms with Crippen LogP contribution in [0.4, 0.5) is 11.4 Å². The number of amides is 2. The van der Waals surface area contributed by atoms with Crippen LogP contribution in [0.15, 0.2) is 54.6 Å². The van der Waals surface area contributed by atoms with Gasteiger partial charge < -0.3 is 21.3 Å². The minimum absolute atomic E-state index is 0.0403. The number of rotatable bonds is 8. The molecule has 0 saturated carbocycles. The molecule has 0 aromatic heterocycles. The molecule has 1 unspecified atom stereocenters. The first-order chi connectivity index (χ1) is 14.1. The fraction of sp³-hybridized carbons (Fsp3) is 0.391. The van der Waals surface area contributed by atoms with E-state index in [1.807, 2.05) is 59.5 Å². The molecule has 6 nitrogen and oxygen atoms in total. The fourth-order valence-electron chi connectivity index (χ4n) is 3.78. The summed E-state index contributed by atoms with van der Waals surface area (Å²) in [5.74, 6) is 0.0773. The van der Waals surface area contributed by atoms with Crippen molar-refractivity contribution in [1.29, 1.82) is 0 Å². The highest BCUT2D eigenvalue weighted by molar-refractivity contribution is 5.91. The molecule has 1 heterocycles. The van der Waals surface area contributed by atoms with Crippen molar-refractivity contribution in [2.75, 3.05) is 29.9 Å². The average molecular weight is 395 g/mol. The van der Waals surface area contributed by atoms with Crippen LogP contribution in [0, 0.1) is 5.92 Å². The third-order valence-corrected chi connectivity index (χ3v) is 5.23. The molecule has 4 N–H and O–H groups in total. The van der Waals surface area contributed by atoms with Gasteiger partial charge in [-0.2, -0.15) is 0 Å². The first kappa shape index (κ1) is 20.9. The monoisotopic (exact) mass is 394 g/mol. The van der Waals surface area contributed by atoms with Gasteiger partial charge in [0, 0.05) is 24.3 Å². The molecule has 2 aromatic carbocycles. The van der Waals surface area contributed by atoms with Gasteiger partial charge >= 0.3 is 0 Å². The summed E-state index contributed by atoms with van der Waals surface area (Å²) in [6, 6.07) is 17.5. The molecule has 0 aliphatic carbocycles. The molecule has 0 spiro atoms. The highest BCUT2D eigenvalue weighted by Crippen LogP contribution is 2.23. The van der Waals surface area contributed by atoms with Crippen molar-refractivity contribution >= 4 is 23.2 Å². The number of anilines is 2. The van der Waals surface area contributed by atoms with Gasteiger partial charge in [-0.3, -0.25) is 9.59 Å². The number of nitrogens with one attached hydrogen (secondary N) is 2. The Labute approximate surface area is 172 Å². The second-order valence-electron chi connectivity index (χ2n) is 7.66. The minimum atomic E-state index is -0.391. The maximum atomic E-state index is 12.5. The smallest absolute Gasteiger partial charge is 0.236 e. The van der Waals surface area contributed by atoms with Gasteiger partial charge in [-0.1, -0.05) is 36.4 Å². The third-order valence-electron chi connectivity index (χ3n) is 5.23. The molecule has 0 bridgehead atoms. The Morgan fingerprint density at radius 3 is 2.69 bits per heavy atom. The Bertz CT molecular complexity index is 802. The van der Waals surface area contributed by atoms with E-state index in [4.69, 9.17) is 5.73 Å². The standard InChI is InChI=1S/C23H30N4O2/c24-22(28)17-27(16-19-6-2-1-3-7-19)21-10-4-9-20(15-21)26-23(29)14-18-8-5-12-25-13-11-18/h1-4,6-7,9-10,15,18,25H,5,8,11-14,16-17H2,(H2,24,28)(H,26,29). The third kappa shape index (κ3) is 6.91. The predicted octanol–water partition coefficient (Wildman–Crippen LogP) is 2.90. The zero-order chi connectivity index (χ0) is 20.5. The van der Waals surface area contributed by atoms with Crippen LogP contribution in [0.5, 0.6) is 0 Å². The first-order valence-corrected chi connectivity index (χ1v) is 10.3. The molecule has 6 heteroatoms. The molecule has 1 fully saturated rings. The molecule has 2 aromatic rings. The summed E-state index contributed by atoms with van der Waals surface area (Å²) in [4.78, 5) is 26.0. The lowest BCUT2D eigenvalue weighted by molar-refractivity contribution is -0.117. The summed E-state index contributed by atoms with van der Waals surface area (Å²) < 4.78 is 0. The van der Waals surface area contributed by atoms with Crippen molar-refractivity contribution in [2.45, 2.75) is 32.2 Å². The Morgan fingerprint density at radius 1 is 1.07 bits per heavy atom. The largest absolute Gasteiger partial charge is 0.368 e. The molecule has 1 atom stereocenters. The molecule has 29 heavy (non-hydrogen) atoms. The van der Waals surface area contributed by atoms with E-state index < -0.39 is 5.91 Å². The van der Waals surface area contributed by atoms with E-state index in [0.717, 1.165) is 49.3 Å². The number of nitrogens with zero attached hydrogens (tertiary/aromatic N) is 1. The average Bonchev–Trinajstić information content (AvgIpc) is 2.97. The molecule has 1 aliphatic heterocycles. The van der Waals surface area contributed by atoms with Crippen molar-refractivity contribution in [3.8, 4) is 0 Å². The maximum Gasteiger partial charge on any atom is 0.236 e. The van der Waals surface area contributed by atoms with Gasteiger partial charge in [-0.25, -0.2) is 0 Å². The number of hydrogen-bond acceptors (Lipinski definition) is 4. The summed E-state index contributed by atoms with van der Waals surface area (Å²) in [6.45, 7) is 2.70. The van der Waals surface area contributed by atoms with E-state index in [1.54, 1.807) is 0 Å². The number of benzene rings is 2. The molecular formula is C23H30N4O2. The second kappa shape index (κ2) is 10.6. The number of hydrogen-bond donors (Lipinski definition) is 3. The summed E-state index contributed by atoms with van der Waals surface area (Å²) in [5.41, 5.74) is 8.14. The van der Waals surface area contributed by atoms with Crippen molar-refractivity contribution in [3.05, 3.63) is 60.2 Å². The van der Waals surface area contributed by atoms with E-state index >= 15 is 0 Å². The topological polar surface area (TPSA) is 87.5 Å². The number of carbonyl (C=O) groups is 2. The predicted molar refractivity (Wildman–Crippen MR) is 117 cm³/mol. The van der Waals surface area contributed by atoms with Crippen LogP contribution in [0.25, 0.3) is 0 Å². The van der Waals surface area contributed by atoms with Crippen LogP contribution in [-0.2, 0) is 16.1 Å². The van der Waals surface area contributed by atoms with E-state index in [0.29, 0.717) is 18.9 Å². The quantitative estimate of drug-likeness (QED) is 0.642. The lowest BCUT2D eigenvalue weighted by Crippen LogP contribution is -2.33. The van der Waals surface area contributed by atoms with Crippen LogP contribution in [-0.4, -0.2) is 31.4 Å². The van der Waals surface area contributed by atoms with Crippen molar-refractivity contribution in [1.82, 2.24) is 5.32 Å². The van der Waals surface area contributed by atoms with Crippen molar-refractivity contribution in [3.63, 3.8) is 0 Å². The summed E-state index contributed by atoms with van der Waals surface area (Å²) >= 11 is 0. The van der Waals surface area contributed by atoms with E-state index in [2.05, 4.69) is 10.6 Å². The highest BCUT2D eigenvalue weighted by atomic mass is 16.2. The molecular weight excluding hydrogens is 364 g/mol. The molecule has 0 radical (unpaired) electrons. The number of primary amides is 1. The number of carbonyl (C=O) groups excluding carboxylic acids is 2. The van der Waals surface area contributed by atoms with Gasteiger partial charge in [0.1, 0.15) is 0 Å². The zero-order valence-corrected chi connectivity index (χ0v) is 16.8. The van der Waals surface area contributed by atoms with Crippen LogP contribution in [0.2, 0.25) is 0 Å².